The number of hydrogen-bond donors (Lipinski definition) is 1. The molecule has 1 saturated heterocycles. The number of aromatic nitrogens is 2. The van der Waals surface area contributed by atoms with Gasteiger partial charge in [0.2, 0.25) is 0 Å². The van der Waals surface area contributed by atoms with Crippen LogP contribution in [0, 0.1) is 11.7 Å². The highest BCUT2D eigenvalue weighted by molar-refractivity contribution is 5.93. The summed E-state index contributed by atoms with van der Waals surface area (Å²) < 4.78 is 25.7. The van der Waals surface area contributed by atoms with Crippen LogP contribution in [0.5, 0.6) is 11.5 Å². The molecule has 1 amide bonds. The molecule has 0 spiro atoms. The second-order valence-electron chi connectivity index (χ2n) is 9.61. The summed E-state index contributed by atoms with van der Waals surface area (Å²) >= 11 is 0. The lowest BCUT2D eigenvalue weighted by atomic mass is 9.99. The predicted octanol–water partition coefficient (Wildman–Crippen LogP) is 4.86. The maximum Gasteiger partial charge on any atom is 0.254 e. The molecule has 194 valence electrons. The van der Waals surface area contributed by atoms with Gasteiger partial charge in [-0.15, -0.1) is 0 Å². The van der Waals surface area contributed by atoms with Crippen LogP contribution in [0.1, 0.15) is 49.0 Å². The quantitative estimate of drug-likeness (QED) is 0.448. The lowest BCUT2D eigenvalue weighted by molar-refractivity contribution is 0.0926. The first kappa shape index (κ1) is 25.1. The third-order valence-electron chi connectivity index (χ3n) is 7.39. The van der Waals surface area contributed by atoms with E-state index < -0.39 is 0 Å². The van der Waals surface area contributed by atoms with E-state index in [1.165, 1.54) is 18.5 Å². The minimum absolute atomic E-state index is 0.108. The molecule has 3 atom stereocenters. The highest BCUT2D eigenvalue weighted by Crippen LogP contribution is 2.42. The minimum Gasteiger partial charge on any atom is -0.493 e. The van der Waals surface area contributed by atoms with Crippen molar-refractivity contribution >= 4 is 5.91 Å². The van der Waals surface area contributed by atoms with Gasteiger partial charge in [0.15, 0.2) is 0 Å². The maximum atomic E-state index is 13.6. The number of nitrogens with zero attached hydrogens (tertiary/aromatic N) is 3. The zero-order chi connectivity index (χ0) is 25.8. The van der Waals surface area contributed by atoms with Gasteiger partial charge in [-0.1, -0.05) is 12.1 Å². The molecule has 2 aliphatic rings. The van der Waals surface area contributed by atoms with Crippen molar-refractivity contribution in [3.05, 3.63) is 72.1 Å². The highest BCUT2D eigenvalue weighted by atomic mass is 19.1. The summed E-state index contributed by atoms with van der Waals surface area (Å²) in [7, 11) is 0. The van der Waals surface area contributed by atoms with Crippen molar-refractivity contribution in [2.24, 2.45) is 5.92 Å². The van der Waals surface area contributed by atoms with Gasteiger partial charge in [0, 0.05) is 31.0 Å². The maximum absolute atomic E-state index is 13.6. The van der Waals surface area contributed by atoms with Gasteiger partial charge in [0.25, 0.3) is 5.91 Å². The fraction of sp³-hybridized carbons (Fsp3) is 0.414. The van der Waals surface area contributed by atoms with Crippen molar-refractivity contribution in [3.8, 4) is 22.6 Å². The number of carbonyl (C=O) groups is 1. The summed E-state index contributed by atoms with van der Waals surface area (Å²) in [6, 6.07) is 11.2. The van der Waals surface area contributed by atoms with Crippen LogP contribution >= 0.6 is 0 Å². The van der Waals surface area contributed by atoms with E-state index in [-0.39, 0.29) is 17.8 Å². The summed E-state index contributed by atoms with van der Waals surface area (Å²) in [5.74, 6) is 1.52. The summed E-state index contributed by atoms with van der Waals surface area (Å²) in [4.78, 5) is 23.1. The molecule has 1 aliphatic heterocycles. The molecule has 2 aromatic carbocycles. The molecule has 8 heteroatoms. The number of benzene rings is 2. The topological polar surface area (TPSA) is 76.6 Å². The Balaban J connectivity index is 1.34. The van der Waals surface area contributed by atoms with Crippen LogP contribution in [-0.4, -0.2) is 52.6 Å². The van der Waals surface area contributed by atoms with Gasteiger partial charge in [0.05, 0.1) is 24.3 Å². The van der Waals surface area contributed by atoms with Crippen LogP contribution in [0.2, 0.25) is 0 Å². The molecule has 1 N–H and O–H groups in total. The number of carbonyl (C=O) groups excluding carboxylic acids is 1. The molecule has 3 aromatic rings. The average molecular weight is 505 g/mol. The van der Waals surface area contributed by atoms with Crippen molar-refractivity contribution < 1.29 is 18.7 Å². The van der Waals surface area contributed by atoms with Crippen molar-refractivity contribution in [2.75, 3.05) is 19.8 Å². The van der Waals surface area contributed by atoms with Gasteiger partial charge in [-0.3, -0.25) is 9.69 Å². The molecule has 37 heavy (non-hydrogen) atoms. The molecular weight excluding hydrogens is 471 g/mol. The fourth-order valence-corrected chi connectivity index (χ4v) is 5.83. The molecule has 0 radical (unpaired) electrons. The molecule has 2 fully saturated rings. The van der Waals surface area contributed by atoms with Crippen LogP contribution in [0.15, 0.2) is 55.1 Å². The number of hydrogen-bond acceptors (Lipinski definition) is 6. The summed E-state index contributed by atoms with van der Waals surface area (Å²) in [5, 5.41) is 3.22. The second-order valence-corrected chi connectivity index (χ2v) is 9.61. The molecule has 1 aliphatic carbocycles. The van der Waals surface area contributed by atoms with Crippen LogP contribution < -0.4 is 14.8 Å². The number of ether oxygens (including phenoxy) is 2. The molecule has 5 rings (SSSR count). The van der Waals surface area contributed by atoms with E-state index in [9.17, 15) is 9.18 Å². The Kier molecular flexibility index (Phi) is 7.65. The largest absolute Gasteiger partial charge is 0.493 e. The zero-order valence-corrected chi connectivity index (χ0v) is 21.3. The average Bonchev–Trinajstić information content (AvgIpc) is 3.49. The number of fused-ring (bicyclic) bond motifs is 1. The Labute approximate surface area is 217 Å². The van der Waals surface area contributed by atoms with Crippen molar-refractivity contribution in [1.82, 2.24) is 20.2 Å². The summed E-state index contributed by atoms with van der Waals surface area (Å²) in [6.07, 6.45) is 7.59. The van der Waals surface area contributed by atoms with Gasteiger partial charge < -0.3 is 14.8 Å². The Bertz CT molecular complexity index is 1190. The number of amides is 1. The molecule has 0 bridgehead atoms. The first-order valence-corrected chi connectivity index (χ1v) is 13.1. The lowest BCUT2D eigenvalue weighted by Crippen LogP contribution is -2.39. The first-order valence-electron chi connectivity index (χ1n) is 13.1. The first-order chi connectivity index (χ1) is 18.1. The van der Waals surface area contributed by atoms with E-state index in [4.69, 9.17) is 9.47 Å². The van der Waals surface area contributed by atoms with Crippen molar-refractivity contribution in [1.29, 1.82) is 0 Å². The number of likely N-dealkylation sites (tertiary alicyclic amines) is 1. The fourth-order valence-electron chi connectivity index (χ4n) is 5.83. The van der Waals surface area contributed by atoms with E-state index in [1.54, 1.807) is 24.5 Å². The second kappa shape index (κ2) is 11.3. The number of nitrogens with one attached hydrogen (secondary N) is 1. The van der Waals surface area contributed by atoms with Crippen LogP contribution in [-0.2, 0) is 6.54 Å². The van der Waals surface area contributed by atoms with Crippen LogP contribution in [0.3, 0.4) is 0 Å². The molecule has 2 heterocycles. The molecular formula is C29H33FN4O3. The van der Waals surface area contributed by atoms with E-state index in [1.807, 2.05) is 13.8 Å². The standard InChI is InChI=1S/C29H33FN4O3/c1-3-36-26-13-19(14-27(37-4-2)28(26)20-5-7-22(30)8-6-20)17-34-12-11-23-24(9-10-25(23)34)33-29(35)21-15-31-18-32-16-21/h5-8,13-16,18,23-25H,3-4,9-12,17H2,1-2H3,(H,33,35)/t23-,24?,25+/m0/s1. The van der Waals surface area contributed by atoms with E-state index >= 15 is 0 Å². The normalized spacial score (nSPS) is 21.0. The molecule has 7 nitrogen and oxygen atoms in total. The Morgan fingerprint density at radius 2 is 1.70 bits per heavy atom. The third kappa shape index (κ3) is 5.44. The van der Waals surface area contributed by atoms with Gasteiger partial charge in [-0.2, -0.15) is 0 Å². The number of rotatable bonds is 9. The van der Waals surface area contributed by atoms with Crippen molar-refractivity contribution in [2.45, 2.75) is 51.7 Å². The molecule has 1 unspecified atom stereocenters. The van der Waals surface area contributed by atoms with Gasteiger partial charge in [0.1, 0.15) is 23.6 Å². The predicted molar refractivity (Wildman–Crippen MR) is 139 cm³/mol. The zero-order valence-electron chi connectivity index (χ0n) is 21.3. The van der Waals surface area contributed by atoms with Gasteiger partial charge in [-0.05, 0) is 81.0 Å². The Morgan fingerprint density at radius 3 is 2.35 bits per heavy atom. The minimum atomic E-state index is -0.275. The van der Waals surface area contributed by atoms with Gasteiger partial charge in [-0.25, -0.2) is 14.4 Å². The Morgan fingerprint density at radius 1 is 1.03 bits per heavy atom. The van der Waals surface area contributed by atoms with E-state index in [0.717, 1.165) is 60.5 Å². The number of halogens is 1. The lowest BCUT2D eigenvalue weighted by Gasteiger charge is -2.26. The van der Waals surface area contributed by atoms with Crippen molar-refractivity contribution in [3.63, 3.8) is 0 Å². The molecule has 1 aromatic heterocycles. The third-order valence-corrected chi connectivity index (χ3v) is 7.39. The Hall–Kier alpha value is -3.52. The van der Waals surface area contributed by atoms with E-state index in [0.29, 0.717) is 30.7 Å². The SMILES string of the molecule is CCOc1cc(CN2CC[C@H]3C(NC(=O)c4cncnc4)CC[C@H]32)cc(OCC)c1-c1ccc(F)cc1. The summed E-state index contributed by atoms with van der Waals surface area (Å²) in [5.41, 5.74) is 3.32. The highest BCUT2D eigenvalue weighted by Gasteiger charge is 2.44. The van der Waals surface area contributed by atoms with Gasteiger partial charge >= 0.3 is 0 Å². The summed E-state index contributed by atoms with van der Waals surface area (Å²) in [6.45, 7) is 6.71. The smallest absolute Gasteiger partial charge is 0.254 e. The monoisotopic (exact) mass is 504 g/mol. The van der Waals surface area contributed by atoms with Crippen LogP contribution in [0.25, 0.3) is 11.1 Å². The molecule has 1 saturated carbocycles. The van der Waals surface area contributed by atoms with Crippen LogP contribution in [0.4, 0.5) is 4.39 Å². The van der Waals surface area contributed by atoms with E-state index in [2.05, 4.69) is 32.3 Å².